The minimum atomic E-state index is -0.157. The van der Waals surface area contributed by atoms with Crippen molar-refractivity contribution in [1.29, 1.82) is 0 Å². The molecule has 2 heterocycles. The number of carbonyl (C=O) groups excluding carboxylic acids is 1. The van der Waals surface area contributed by atoms with Crippen LogP contribution in [-0.2, 0) is 14.3 Å². The number of hydrogen-bond acceptors (Lipinski definition) is 3. The van der Waals surface area contributed by atoms with Crippen LogP contribution in [0, 0.1) is 0 Å². The molecule has 0 N–H and O–H groups in total. The zero-order valence-corrected chi connectivity index (χ0v) is 6.03. The number of rotatable bonds is 2. The summed E-state index contributed by atoms with van der Waals surface area (Å²) in [5, 5.41) is 0. The maximum absolute atomic E-state index is 11.1. The summed E-state index contributed by atoms with van der Waals surface area (Å²) in [6, 6.07) is 0. The van der Waals surface area contributed by atoms with Gasteiger partial charge >= 0.3 is 0 Å². The summed E-state index contributed by atoms with van der Waals surface area (Å²) in [6.07, 6.45) is -0.0577. The summed E-state index contributed by atoms with van der Waals surface area (Å²) < 4.78 is 10.00. The average molecular weight is 142 g/mol. The Hall–Kier alpha value is -0.410. The smallest absolute Gasteiger partial charge is 0.195 e. The number of hydrogen-bond donors (Lipinski definition) is 0. The van der Waals surface area contributed by atoms with Crippen molar-refractivity contribution in [3.05, 3.63) is 0 Å². The van der Waals surface area contributed by atoms with Gasteiger partial charge in [-0.3, -0.25) is 4.79 Å². The second-order valence-electron chi connectivity index (χ2n) is 2.93. The van der Waals surface area contributed by atoms with Gasteiger partial charge in [0.25, 0.3) is 0 Å². The highest BCUT2D eigenvalue weighted by Crippen LogP contribution is 2.31. The molecule has 0 radical (unpaired) electrons. The van der Waals surface area contributed by atoms with Gasteiger partial charge in [-0.1, -0.05) is 0 Å². The van der Waals surface area contributed by atoms with Crippen molar-refractivity contribution < 1.29 is 14.3 Å². The van der Waals surface area contributed by atoms with Gasteiger partial charge in [-0.15, -0.1) is 0 Å². The second-order valence-corrected chi connectivity index (χ2v) is 2.93. The molecule has 2 saturated heterocycles. The molecule has 0 aromatic heterocycles. The first-order valence-corrected chi connectivity index (χ1v) is 3.55. The van der Waals surface area contributed by atoms with Gasteiger partial charge in [0.05, 0.1) is 12.2 Å². The zero-order chi connectivity index (χ0) is 7.30. The fourth-order valence-electron chi connectivity index (χ4n) is 1.13. The second kappa shape index (κ2) is 1.80. The van der Waals surface area contributed by atoms with E-state index in [0.29, 0.717) is 0 Å². The largest absolute Gasteiger partial charge is 0.361 e. The fourth-order valence-corrected chi connectivity index (χ4v) is 1.13. The fraction of sp³-hybridized carbons (Fsp3) is 0.857. The van der Waals surface area contributed by atoms with E-state index in [1.807, 2.05) is 13.8 Å². The van der Waals surface area contributed by atoms with E-state index in [2.05, 4.69) is 0 Å². The molecule has 3 nitrogen and oxygen atoms in total. The van der Waals surface area contributed by atoms with E-state index in [9.17, 15) is 4.79 Å². The quantitative estimate of drug-likeness (QED) is 0.514. The van der Waals surface area contributed by atoms with Gasteiger partial charge in [-0.05, 0) is 13.8 Å². The molecule has 4 atom stereocenters. The van der Waals surface area contributed by atoms with Crippen molar-refractivity contribution in [1.82, 2.24) is 0 Å². The molecule has 0 aromatic rings. The average Bonchev–Trinajstić information content (AvgIpc) is 2.70. The van der Waals surface area contributed by atoms with Crippen LogP contribution in [0.3, 0.4) is 0 Å². The van der Waals surface area contributed by atoms with E-state index in [-0.39, 0.29) is 30.2 Å². The molecule has 56 valence electrons. The molecule has 0 saturated carbocycles. The molecule has 3 heteroatoms. The summed E-state index contributed by atoms with van der Waals surface area (Å²) in [6.45, 7) is 3.80. The van der Waals surface area contributed by atoms with Crippen LogP contribution < -0.4 is 0 Å². The monoisotopic (exact) mass is 142 g/mol. The van der Waals surface area contributed by atoms with Gasteiger partial charge in [0.15, 0.2) is 5.78 Å². The Bertz CT molecular complexity index is 160. The molecular formula is C7H10O3. The van der Waals surface area contributed by atoms with Crippen molar-refractivity contribution in [3.63, 3.8) is 0 Å². The van der Waals surface area contributed by atoms with Crippen molar-refractivity contribution in [2.45, 2.75) is 38.3 Å². The van der Waals surface area contributed by atoms with E-state index >= 15 is 0 Å². The third kappa shape index (κ3) is 0.859. The predicted octanol–water partition coefficient (Wildman–Crippen LogP) is 0.130. The Balaban J connectivity index is 1.89. The topological polar surface area (TPSA) is 42.1 Å². The maximum Gasteiger partial charge on any atom is 0.195 e. The third-order valence-corrected chi connectivity index (χ3v) is 1.98. The molecule has 0 aromatic carbocycles. The van der Waals surface area contributed by atoms with Crippen LogP contribution in [0.1, 0.15) is 13.8 Å². The number of carbonyl (C=O) groups is 1. The first-order chi connectivity index (χ1) is 4.70. The standard InChI is InChI=1S/C7H10O3/c1-3-6(9-3)5(8)7-4(2)10-7/h3-4,6-7H,1-2H3/t3-,4+,6+,7-. The molecule has 0 bridgehead atoms. The minimum absolute atomic E-state index is 0.125. The lowest BCUT2D eigenvalue weighted by atomic mass is 10.1. The summed E-state index contributed by atoms with van der Waals surface area (Å²) in [5.74, 6) is 0.125. The van der Waals surface area contributed by atoms with Gasteiger partial charge in [-0.2, -0.15) is 0 Å². The van der Waals surface area contributed by atoms with E-state index in [0.717, 1.165) is 0 Å². The van der Waals surface area contributed by atoms with Crippen LogP contribution in [0.4, 0.5) is 0 Å². The van der Waals surface area contributed by atoms with Crippen molar-refractivity contribution in [3.8, 4) is 0 Å². The van der Waals surface area contributed by atoms with Gasteiger partial charge in [-0.25, -0.2) is 0 Å². The van der Waals surface area contributed by atoms with Gasteiger partial charge in [0.1, 0.15) is 12.2 Å². The first kappa shape index (κ1) is 6.31. The highest BCUT2D eigenvalue weighted by molar-refractivity contribution is 5.92. The highest BCUT2D eigenvalue weighted by Gasteiger charge is 2.52. The Morgan fingerprint density at radius 1 is 1.10 bits per heavy atom. The molecule has 0 amide bonds. The lowest BCUT2D eigenvalue weighted by Crippen LogP contribution is -2.16. The van der Waals surface area contributed by atoms with E-state index in [1.165, 1.54) is 0 Å². The van der Waals surface area contributed by atoms with Crippen LogP contribution in [0.2, 0.25) is 0 Å². The lowest BCUT2D eigenvalue weighted by Gasteiger charge is -1.84. The first-order valence-electron chi connectivity index (χ1n) is 3.55. The molecule has 0 aliphatic carbocycles. The number of ether oxygens (including phenoxy) is 2. The van der Waals surface area contributed by atoms with Gasteiger partial charge < -0.3 is 9.47 Å². The SMILES string of the molecule is C[C@@H]1O[C@H]1C(=O)[C@H]1O[C@@H]1C. The lowest BCUT2D eigenvalue weighted by molar-refractivity contribution is -0.121. The molecule has 2 fully saturated rings. The maximum atomic E-state index is 11.1. The van der Waals surface area contributed by atoms with Crippen LogP contribution in [0.25, 0.3) is 0 Å². The van der Waals surface area contributed by atoms with Crippen LogP contribution >= 0.6 is 0 Å². The summed E-state index contributed by atoms with van der Waals surface area (Å²) >= 11 is 0. The van der Waals surface area contributed by atoms with Crippen LogP contribution in [0.5, 0.6) is 0 Å². The van der Waals surface area contributed by atoms with Crippen molar-refractivity contribution in [2.75, 3.05) is 0 Å². The summed E-state index contributed by atoms with van der Waals surface area (Å²) in [7, 11) is 0. The molecule has 10 heavy (non-hydrogen) atoms. The molecule has 2 rings (SSSR count). The summed E-state index contributed by atoms with van der Waals surface area (Å²) in [4.78, 5) is 11.1. The van der Waals surface area contributed by atoms with Gasteiger partial charge in [0.2, 0.25) is 0 Å². The Kier molecular flexibility index (Phi) is 1.13. The molecular weight excluding hydrogens is 132 g/mol. The molecule has 2 aliphatic heterocycles. The molecule has 0 spiro atoms. The Labute approximate surface area is 59.3 Å². The van der Waals surface area contributed by atoms with E-state index in [4.69, 9.17) is 9.47 Å². The number of Topliss-reactive ketones (excluding diaryl/α,β-unsaturated/α-hetero) is 1. The van der Waals surface area contributed by atoms with E-state index in [1.54, 1.807) is 0 Å². The predicted molar refractivity (Wildman–Crippen MR) is 33.7 cm³/mol. The zero-order valence-electron chi connectivity index (χ0n) is 6.03. The Morgan fingerprint density at radius 2 is 1.40 bits per heavy atom. The van der Waals surface area contributed by atoms with Crippen molar-refractivity contribution in [2.24, 2.45) is 0 Å². The third-order valence-electron chi connectivity index (χ3n) is 1.98. The normalized spacial score (nSPS) is 50.6. The van der Waals surface area contributed by atoms with Gasteiger partial charge in [0, 0.05) is 0 Å². The van der Waals surface area contributed by atoms with E-state index < -0.39 is 0 Å². The van der Waals surface area contributed by atoms with Crippen LogP contribution in [0.15, 0.2) is 0 Å². The number of ketones is 1. The van der Waals surface area contributed by atoms with Crippen LogP contribution in [-0.4, -0.2) is 30.2 Å². The summed E-state index contributed by atoms with van der Waals surface area (Å²) in [5.41, 5.74) is 0. The highest BCUT2D eigenvalue weighted by atomic mass is 16.6. The number of epoxide rings is 2. The molecule has 0 unspecified atom stereocenters. The Morgan fingerprint density at radius 3 is 1.60 bits per heavy atom. The molecule has 2 aliphatic rings. The van der Waals surface area contributed by atoms with Crippen molar-refractivity contribution >= 4 is 5.78 Å². The minimum Gasteiger partial charge on any atom is -0.361 e.